The van der Waals surface area contributed by atoms with Crippen molar-refractivity contribution in [3.05, 3.63) is 60.4 Å². The van der Waals surface area contributed by atoms with Crippen LogP contribution in [0.4, 0.5) is 0 Å². The molecule has 152 valence electrons. The summed E-state index contributed by atoms with van der Waals surface area (Å²) in [6.07, 6.45) is 4.18. The van der Waals surface area contributed by atoms with Crippen molar-refractivity contribution in [3.63, 3.8) is 0 Å². The number of ether oxygens (including phenoxy) is 2. The van der Waals surface area contributed by atoms with Crippen LogP contribution in [-0.2, 0) is 16.4 Å². The first-order valence-electron chi connectivity index (χ1n) is 9.47. The van der Waals surface area contributed by atoms with Crippen LogP contribution < -0.4 is 19.5 Å². The van der Waals surface area contributed by atoms with E-state index in [1.54, 1.807) is 36.7 Å². The average molecular weight is 413 g/mol. The van der Waals surface area contributed by atoms with E-state index in [9.17, 15) is 8.42 Å². The fourth-order valence-electron chi connectivity index (χ4n) is 3.25. The van der Waals surface area contributed by atoms with Gasteiger partial charge >= 0.3 is 0 Å². The molecule has 0 amide bonds. The first-order chi connectivity index (χ1) is 14.0. The molecule has 29 heavy (non-hydrogen) atoms. The van der Waals surface area contributed by atoms with Crippen LogP contribution in [0.25, 0.3) is 10.8 Å². The quantitative estimate of drug-likeness (QED) is 0.552. The van der Waals surface area contributed by atoms with Crippen molar-refractivity contribution in [3.8, 4) is 11.5 Å². The maximum absolute atomic E-state index is 12.7. The van der Waals surface area contributed by atoms with Gasteiger partial charge in [0.1, 0.15) is 0 Å². The number of rotatable bonds is 8. The van der Waals surface area contributed by atoms with Gasteiger partial charge in [-0.3, -0.25) is 4.98 Å². The Kier molecular flexibility index (Phi) is 5.66. The molecule has 0 saturated carbocycles. The summed E-state index contributed by atoms with van der Waals surface area (Å²) in [5, 5.41) is 5.05. The predicted molar refractivity (Wildman–Crippen MR) is 111 cm³/mol. The number of hydrogen-bond donors (Lipinski definition) is 2. The van der Waals surface area contributed by atoms with Crippen molar-refractivity contribution in [2.24, 2.45) is 0 Å². The Labute approximate surface area is 170 Å². The van der Waals surface area contributed by atoms with E-state index in [0.717, 1.165) is 40.8 Å². The molecule has 0 radical (unpaired) electrons. The van der Waals surface area contributed by atoms with Gasteiger partial charge in [0.15, 0.2) is 11.5 Å². The number of nitrogens with zero attached hydrogens (tertiary/aromatic N) is 1. The van der Waals surface area contributed by atoms with Gasteiger partial charge in [-0.1, -0.05) is 12.1 Å². The lowest BCUT2D eigenvalue weighted by Crippen LogP contribution is -2.40. The van der Waals surface area contributed by atoms with Gasteiger partial charge in [0, 0.05) is 30.4 Å². The van der Waals surface area contributed by atoms with Crippen LogP contribution in [0.15, 0.2) is 59.8 Å². The monoisotopic (exact) mass is 413 g/mol. The molecular weight excluding hydrogens is 390 g/mol. The van der Waals surface area contributed by atoms with Gasteiger partial charge in [0.05, 0.1) is 4.90 Å². The number of fused-ring (bicyclic) bond motifs is 2. The number of benzene rings is 2. The second-order valence-electron chi connectivity index (χ2n) is 7.05. The highest BCUT2D eigenvalue weighted by atomic mass is 32.2. The van der Waals surface area contributed by atoms with Crippen LogP contribution in [0.1, 0.15) is 12.5 Å². The molecule has 1 aromatic heterocycles. The van der Waals surface area contributed by atoms with Crippen LogP contribution in [0.3, 0.4) is 0 Å². The minimum absolute atomic E-state index is 0.245. The topological polar surface area (TPSA) is 89.5 Å². The van der Waals surface area contributed by atoms with Crippen LogP contribution >= 0.6 is 0 Å². The SMILES string of the molecule is CC(CNCCc1ccc2c(c1)OCO2)NS(=O)(=O)c1ccc2cnccc2c1. The summed E-state index contributed by atoms with van der Waals surface area (Å²) in [5.74, 6) is 1.55. The molecular formula is C21H23N3O4S. The summed E-state index contributed by atoms with van der Waals surface area (Å²) < 4.78 is 38.8. The molecule has 2 heterocycles. The molecule has 7 nitrogen and oxygen atoms in total. The third kappa shape index (κ3) is 4.67. The minimum Gasteiger partial charge on any atom is -0.454 e. The van der Waals surface area contributed by atoms with Gasteiger partial charge in [-0.15, -0.1) is 0 Å². The second-order valence-corrected chi connectivity index (χ2v) is 8.76. The zero-order chi connectivity index (χ0) is 20.3. The molecule has 0 fully saturated rings. The Morgan fingerprint density at radius 1 is 1.07 bits per heavy atom. The molecule has 1 aliphatic heterocycles. The number of nitrogens with one attached hydrogen (secondary N) is 2. The zero-order valence-corrected chi connectivity index (χ0v) is 16.9. The van der Waals surface area contributed by atoms with Crippen molar-refractivity contribution in [2.45, 2.75) is 24.3 Å². The van der Waals surface area contributed by atoms with E-state index in [1.807, 2.05) is 25.1 Å². The fraction of sp³-hybridized carbons (Fsp3) is 0.286. The Bertz CT molecular complexity index is 1120. The molecule has 1 aliphatic rings. The van der Waals surface area contributed by atoms with Gasteiger partial charge in [0.2, 0.25) is 16.8 Å². The number of pyridine rings is 1. The average Bonchev–Trinajstić information content (AvgIpc) is 3.18. The smallest absolute Gasteiger partial charge is 0.240 e. The highest BCUT2D eigenvalue weighted by molar-refractivity contribution is 7.89. The van der Waals surface area contributed by atoms with Crippen LogP contribution in [0.5, 0.6) is 11.5 Å². The summed E-state index contributed by atoms with van der Waals surface area (Å²) in [6, 6.07) is 12.5. The van der Waals surface area contributed by atoms with Gasteiger partial charge in [-0.05, 0) is 61.2 Å². The summed E-state index contributed by atoms with van der Waals surface area (Å²) in [6.45, 7) is 3.37. The van der Waals surface area contributed by atoms with E-state index in [4.69, 9.17) is 9.47 Å². The Morgan fingerprint density at radius 3 is 2.83 bits per heavy atom. The lowest BCUT2D eigenvalue weighted by molar-refractivity contribution is 0.174. The molecule has 4 rings (SSSR count). The summed E-state index contributed by atoms with van der Waals surface area (Å²) in [5.41, 5.74) is 1.14. The van der Waals surface area contributed by atoms with E-state index in [-0.39, 0.29) is 17.7 Å². The maximum Gasteiger partial charge on any atom is 0.240 e. The molecule has 2 aromatic carbocycles. The Hall–Kier alpha value is -2.68. The number of sulfonamides is 1. The van der Waals surface area contributed by atoms with Crippen molar-refractivity contribution in [2.75, 3.05) is 19.9 Å². The molecule has 1 unspecified atom stereocenters. The molecule has 1 atom stereocenters. The van der Waals surface area contributed by atoms with E-state index < -0.39 is 10.0 Å². The van der Waals surface area contributed by atoms with Crippen molar-refractivity contribution in [1.29, 1.82) is 0 Å². The van der Waals surface area contributed by atoms with Crippen LogP contribution in [0, 0.1) is 0 Å². The zero-order valence-electron chi connectivity index (χ0n) is 16.1. The Balaban J connectivity index is 1.28. The van der Waals surface area contributed by atoms with E-state index >= 15 is 0 Å². The molecule has 8 heteroatoms. The van der Waals surface area contributed by atoms with Crippen molar-refractivity contribution >= 4 is 20.8 Å². The van der Waals surface area contributed by atoms with Crippen LogP contribution in [-0.4, -0.2) is 39.3 Å². The first kappa shape index (κ1) is 19.6. The summed E-state index contributed by atoms with van der Waals surface area (Å²) in [4.78, 5) is 4.30. The lowest BCUT2D eigenvalue weighted by Gasteiger charge is -2.15. The third-order valence-electron chi connectivity index (χ3n) is 4.76. The molecule has 0 spiro atoms. The highest BCUT2D eigenvalue weighted by Gasteiger charge is 2.18. The largest absolute Gasteiger partial charge is 0.454 e. The van der Waals surface area contributed by atoms with E-state index in [2.05, 4.69) is 15.0 Å². The maximum atomic E-state index is 12.7. The van der Waals surface area contributed by atoms with E-state index in [1.165, 1.54) is 0 Å². The molecule has 0 saturated heterocycles. The normalized spacial score (nSPS) is 14.2. The Morgan fingerprint density at radius 2 is 1.93 bits per heavy atom. The van der Waals surface area contributed by atoms with Crippen molar-refractivity contribution in [1.82, 2.24) is 15.0 Å². The minimum atomic E-state index is -3.59. The fourth-order valence-corrected chi connectivity index (χ4v) is 4.53. The number of aromatic nitrogens is 1. The van der Waals surface area contributed by atoms with Gasteiger partial charge in [-0.2, -0.15) is 0 Å². The first-order valence-corrected chi connectivity index (χ1v) is 10.9. The highest BCUT2D eigenvalue weighted by Crippen LogP contribution is 2.32. The lowest BCUT2D eigenvalue weighted by atomic mass is 10.1. The number of hydrogen-bond acceptors (Lipinski definition) is 6. The molecule has 2 N–H and O–H groups in total. The van der Waals surface area contributed by atoms with E-state index in [0.29, 0.717) is 6.54 Å². The standard InChI is InChI=1S/C21H23N3O4S/c1-15(12-22-8-6-16-2-5-20-21(10-16)28-14-27-20)24-29(25,26)19-4-3-18-13-23-9-7-17(18)11-19/h2-5,7,9-11,13,15,22,24H,6,8,12,14H2,1H3. The predicted octanol–water partition coefficient (Wildman–Crippen LogP) is 2.46. The molecule has 3 aromatic rings. The second kappa shape index (κ2) is 8.36. The summed E-state index contributed by atoms with van der Waals surface area (Å²) in [7, 11) is -3.59. The molecule has 0 aliphatic carbocycles. The van der Waals surface area contributed by atoms with Gasteiger partial charge < -0.3 is 14.8 Å². The van der Waals surface area contributed by atoms with Crippen LogP contribution in [0.2, 0.25) is 0 Å². The third-order valence-corrected chi connectivity index (χ3v) is 6.34. The van der Waals surface area contributed by atoms with Gasteiger partial charge in [-0.25, -0.2) is 13.1 Å². The summed E-state index contributed by atoms with van der Waals surface area (Å²) >= 11 is 0. The van der Waals surface area contributed by atoms with Gasteiger partial charge in [0.25, 0.3) is 0 Å². The molecule has 0 bridgehead atoms. The van der Waals surface area contributed by atoms with Crippen molar-refractivity contribution < 1.29 is 17.9 Å².